The van der Waals surface area contributed by atoms with Crippen molar-refractivity contribution in [2.24, 2.45) is 0 Å². The maximum Gasteiger partial charge on any atom is 0.134 e. The van der Waals surface area contributed by atoms with Gasteiger partial charge in [0.2, 0.25) is 0 Å². The first-order valence-corrected chi connectivity index (χ1v) is 5.91. The fraction of sp³-hybridized carbons (Fsp3) is 0.214. The van der Waals surface area contributed by atoms with Gasteiger partial charge in [-0.25, -0.2) is 4.98 Å². The Labute approximate surface area is 106 Å². The third kappa shape index (κ3) is 3.29. The van der Waals surface area contributed by atoms with Crippen LogP contribution in [0.25, 0.3) is 0 Å². The second-order valence-corrected chi connectivity index (χ2v) is 4.18. The lowest BCUT2D eigenvalue weighted by Crippen LogP contribution is -2.01. The fourth-order valence-corrected chi connectivity index (χ4v) is 1.74. The highest BCUT2D eigenvalue weighted by atomic mass is 35.5. The van der Waals surface area contributed by atoms with Gasteiger partial charge in [0.1, 0.15) is 5.15 Å². The number of halogens is 1. The van der Waals surface area contributed by atoms with Gasteiger partial charge in [0.05, 0.1) is 12.7 Å². The topological polar surface area (TPSA) is 22.1 Å². The molecular weight excluding hydrogens is 234 g/mol. The number of rotatable bonds is 4. The Morgan fingerprint density at radius 3 is 2.65 bits per heavy atom. The maximum absolute atomic E-state index is 5.96. The molecule has 0 saturated carbocycles. The van der Waals surface area contributed by atoms with Crippen LogP contribution in [0.5, 0.6) is 0 Å². The molecule has 0 aliphatic rings. The standard InChI is InChI=1S/C14H14ClNO/c1-11(12-6-3-2-4-7-12)17-10-13-8-5-9-16-14(13)15/h2-9,11H,10H2,1H3. The number of hydrogen-bond donors (Lipinski definition) is 0. The van der Waals surface area contributed by atoms with Gasteiger partial charge in [-0.15, -0.1) is 0 Å². The van der Waals surface area contributed by atoms with E-state index in [0.29, 0.717) is 11.8 Å². The smallest absolute Gasteiger partial charge is 0.134 e. The molecule has 1 heterocycles. The van der Waals surface area contributed by atoms with Gasteiger partial charge < -0.3 is 4.74 Å². The molecule has 0 fully saturated rings. The SMILES string of the molecule is CC(OCc1cccnc1Cl)c1ccccc1. The van der Waals surface area contributed by atoms with Crippen LogP contribution in [0.1, 0.15) is 24.2 Å². The van der Waals surface area contributed by atoms with Crippen molar-refractivity contribution < 1.29 is 4.74 Å². The zero-order valence-electron chi connectivity index (χ0n) is 9.64. The minimum Gasteiger partial charge on any atom is -0.369 e. The third-order valence-corrected chi connectivity index (χ3v) is 2.93. The van der Waals surface area contributed by atoms with E-state index in [1.54, 1.807) is 6.20 Å². The molecule has 0 spiro atoms. The van der Waals surface area contributed by atoms with Crippen molar-refractivity contribution in [3.8, 4) is 0 Å². The zero-order valence-corrected chi connectivity index (χ0v) is 10.4. The lowest BCUT2D eigenvalue weighted by molar-refractivity contribution is 0.0524. The van der Waals surface area contributed by atoms with Gasteiger partial charge in [-0.2, -0.15) is 0 Å². The van der Waals surface area contributed by atoms with Crippen LogP contribution in [0.4, 0.5) is 0 Å². The lowest BCUT2D eigenvalue weighted by Gasteiger charge is -2.13. The molecular formula is C14H14ClNO. The summed E-state index contributed by atoms with van der Waals surface area (Å²) in [6, 6.07) is 13.9. The quantitative estimate of drug-likeness (QED) is 0.762. The molecule has 3 heteroatoms. The van der Waals surface area contributed by atoms with E-state index >= 15 is 0 Å². The van der Waals surface area contributed by atoms with Crippen LogP contribution in [-0.4, -0.2) is 4.98 Å². The monoisotopic (exact) mass is 247 g/mol. The van der Waals surface area contributed by atoms with Gasteiger partial charge in [-0.05, 0) is 18.6 Å². The van der Waals surface area contributed by atoms with Crippen LogP contribution in [0, 0.1) is 0 Å². The largest absolute Gasteiger partial charge is 0.369 e. The zero-order chi connectivity index (χ0) is 12.1. The Hall–Kier alpha value is -1.38. The summed E-state index contributed by atoms with van der Waals surface area (Å²) in [7, 11) is 0. The number of ether oxygens (including phenoxy) is 1. The highest BCUT2D eigenvalue weighted by molar-refractivity contribution is 6.30. The molecule has 1 aromatic heterocycles. The molecule has 1 atom stereocenters. The summed E-state index contributed by atoms with van der Waals surface area (Å²) in [5.74, 6) is 0. The van der Waals surface area contributed by atoms with E-state index < -0.39 is 0 Å². The Morgan fingerprint density at radius 2 is 1.94 bits per heavy atom. The summed E-state index contributed by atoms with van der Waals surface area (Å²) in [5, 5.41) is 0.507. The molecule has 2 nitrogen and oxygen atoms in total. The van der Waals surface area contributed by atoms with Gasteiger partial charge in [0.25, 0.3) is 0 Å². The van der Waals surface area contributed by atoms with Crippen LogP contribution >= 0.6 is 11.6 Å². The summed E-state index contributed by atoms with van der Waals surface area (Å²) in [6.07, 6.45) is 1.72. The maximum atomic E-state index is 5.96. The molecule has 0 N–H and O–H groups in total. The Morgan fingerprint density at radius 1 is 1.18 bits per heavy atom. The van der Waals surface area contributed by atoms with Crippen molar-refractivity contribution in [3.63, 3.8) is 0 Å². The van der Waals surface area contributed by atoms with Crippen LogP contribution < -0.4 is 0 Å². The highest BCUT2D eigenvalue weighted by Crippen LogP contribution is 2.20. The molecule has 2 aromatic rings. The molecule has 1 unspecified atom stereocenters. The van der Waals surface area contributed by atoms with E-state index in [0.717, 1.165) is 11.1 Å². The molecule has 17 heavy (non-hydrogen) atoms. The Bertz CT molecular complexity index is 473. The van der Waals surface area contributed by atoms with Crippen molar-refractivity contribution >= 4 is 11.6 Å². The second kappa shape index (κ2) is 5.80. The van der Waals surface area contributed by atoms with Gasteiger partial charge in [-0.3, -0.25) is 0 Å². The first-order valence-electron chi connectivity index (χ1n) is 5.53. The van der Waals surface area contributed by atoms with Crippen LogP contribution in [0.2, 0.25) is 5.15 Å². The number of pyridine rings is 1. The summed E-state index contributed by atoms with van der Waals surface area (Å²) >= 11 is 5.96. The molecule has 0 bridgehead atoms. The van der Waals surface area contributed by atoms with E-state index in [4.69, 9.17) is 16.3 Å². The van der Waals surface area contributed by atoms with Gasteiger partial charge in [0.15, 0.2) is 0 Å². The van der Waals surface area contributed by atoms with Crippen LogP contribution in [0.15, 0.2) is 48.7 Å². The first-order chi connectivity index (χ1) is 8.27. The van der Waals surface area contributed by atoms with Gasteiger partial charge in [0, 0.05) is 11.8 Å². The Balaban J connectivity index is 1.97. The normalized spacial score (nSPS) is 12.4. The summed E-state index contributed by atoms with van der Waals surface area (Å²) in [6.45, 7) is 2.50. The molecule has 0 radical (unpaired) electrons. The molecule has 0 aliphatic carbocycles. The van der Waals surface area contributed by atoms with Crippen molar-refractivity contribution in [2.75, 3.05) is 0 Å². The predicted octanol–water partition coefficient (Wildman–Crippen LogP) is 4.01. The van der Waals surface area contributed by atoms with Gasteiger partial charge in [-0.1, -0.05) is 48.0 Å². The molecule has 1 aromatic carbocycles. The summed E-state index contributed by atoms with van der Waals surface area (Å²) in [5.41, 5.74) is 2.07. The van der Waals surface area contributed by atoms with Crippen LogP contribution in [-0.2, 0) is 11.3 Å². The fourth-order valence-electron chi connectivity index (χ4n) is 1.56. The first kappa shape index (κ1) is 12.1. The van der Waals surface area contributed by atoms with E-state index in [1.807, 2.05) is 37.3 Å². The van der Waals surface area contributed by atoms with Crippen molar-refractivity contribution in [1.82, 2.24) is 4.98 Å². The summed E-state index contributed by atoms with van der Waals surface area (Å²) < 4.78 is 5.77. The van der Waals surface area contributed by atoms with Crippen molar-refractivity contribution in [1.29, 1.82) is 0 Å². The lowest BCUT2D eigenvalue weighted by atomic mass is 10.1. The molecule has 2 rings (SSSR count). The molecule has 88 valence electrons. The number of aromatic nitrogens is 1. The van der Waals surface area contributed by atoms with Gasteiger partial charge >= 0.3 is 0 Å². The third-order valence-electron chi connectivity index (χ3n) is 2.59. The Kier molecular flexibility index (Phi) is 4.13. The van der Waals surface area contributed by atoms with E-state index in [9.17, 15) is 0 Å². The number of benzene rings is 1. The van der Waals surface area contributed by atoms with Crippen molar-refractivity contribution in [3.05, 3.63) is 64.9 Å². The number of nitrogens with zero attached hydrogens (tertiary/aromatic N) is 1. The van der Waals surface area contributed by atoms with Crippen LogP contribution in [0.3, 0.4) is 0 Å². The molecule has 0 saturated heterocycles. The molecule has 0 amide bonds. The summed E-state index contributed by atoms with van der Waals surface area (Å²) in [4.78, 5) is 4.02. The second-order valence-electron chi connectivity index (χ2n) is 3.82. The highest BCUT2D eigenvalue weighted by Gasteiger charge is 2.07. The van der Waals surface area contributed by atoms with E-state index in [-0.39, 0.29) is 6.10 Å². The minimum atomic E-state index is 0.0486. The average Bonchev–Trinajstić information content (AvgIpc) is 2.38. The minimum absolute atomic E-state index is 0.0486. The molecule has 0 aliphatic heterocycles. The predicted molar refractivity (Wildman–Crippen MR) is 68.9 cm³/mol. The van der Waals surface area contributed by atoms with E-state index in [2.05, 4.69) is 17.1 Å². The average molecular weight is 248 g/mol. The van der Waals surface area contributed by atoms with E-state index in [1.165, 1.54) is 0 Å². The van der Waals surface area contributed by atoms with Crippen molar-refractivity contribution in [2.45, 2.75) is 19.6 Å². The number of hydrogen-bond acceptors (Lipinski definition) is 2.